The number of rotatable bonds is 8. The highest BCUT2D eigenvalue weighted by molar-refractivity contribution is 7.92. The second-order valence-corrected chi connectivity index (χ2v) is 10.2. The molecule has 34 heavy (non-hydrogen) atoms. The van der Waals surface area contributed by atoms with E-state index in [4.69, 9.17) is 10.2 Å². The van der Waals surface area contributed by atoms with Crippen LogP contribution in [0.25, 0.3) is 22.1 Å². The average molecular weight is 477 g/mol. The molecule has 4 aromatic rings. The van der Waals surface area contributed by atoms with E-state index in [0.29, 0.717) is 48.2 Å². The van der Waals surface area contributed by atoms with Crippen LogP contribution in [0, 0.1) is 13.8 Å². The fraction of sp³-hybridized carbons (Fsp3) is 0.222. The van der Waals surface area contributed by atoms with Gasteiger partial charge in [0.2, 0.25) is 0 Å². The molecule has 0 unspecified atom stereocenters. The summed E-state index contributed by atoms with van der Waals surface area (Å²) in [7, 11) is -3.80. The zero-order valence-electron chi connectivity index (χ0n) is 19.3. The van der Waals surface area contributed by atoms with Gasteiger partial charge in [-0.25, -0.2) is 13.2 Å². The van der Waals surface area contributed by atoms with Crippen molar-refractivity contribution in [2.75, 3.05) is 17.4 Å². The molecule has 1 aromatic heterocycles. The van der Waals surface area contributed by atoms with E-state index in [1.54, 1.807) is 48.5 Å². The van der Waals surface area contributed by atoms with Crippen molar-refractivity contribution in [2.45, 2.75) is 31.6 Å². The highest BCUT2D eigenvalue weighted by Gasteiger charge is 2.25. The molecular formula is C27H28N2O4S. The number of fused-ring (bicyclic) bond motifs is 1. The van der Waals surface area contributed by atoms with E-state index < -0.39 is 15.6 Å². The molecule has 0 aliphatic carbocycles. The van der Waals surface area contributed by atoms with Crippen molar-refractivity contribution in [3.8, 4) is 11.1 Å². The summed E-state index contributed by atoms with van der Waals surface area (Å²) >= 11 is 0. The van der Waals surface area contributed by atoms with Crippen molar-refractivity contribution < 1.29 is 12.8 Å². The van der Waals surface area contributed by atoms with E-state index in [1.165, 1.54) is 4.31 Å². The third kappa shape index (κ3) is 4.76. The van der Waals surface area contributed by atoms with Gasteiger partial charge in [0.15, 0.2) is 0 Å². The summed E-state index contributed by atoms with van der Waals surface area (Å²) in [5.41, 5.74) is 9.31. The van der Waals surface area contributed by atoms with Crippen LogP contribution in [0.2, 0.25) is 0 Å². The molecule has 0 saturated carbocycles. The Labute approximate surface area is 199 Å². The van der Waals surface area contributed by atoms with E-state index in [9.17, 15) is 13.2 Å². The van der Waals surface area contributed by atoms with Gasteiger partial charge in [-0.05, 0) is 80.8 Å². The van der Waals surface area contributed by atoms with E-state index in [2.05, 4.69) is 0 Å². The first-order chi connectivity index (χ1) is 16.3. The summed E-state index contributed by atoms with van der Waals surface area (Å²) < 4.78 is 34.2. The second kappa shape index (κ2) is 9.83. The molecule has 0 aliphatic rings. The maximum Gasteiger partial charge on any atom is 0.344 e. The molecule has 0 saturated heterocycles. The maximum atomic E-state index is 13.6. The number of nitrogens with two attached hydrogens (primary N) is 1. The predicted molar refractivity (Wildman–Crippen MR) is 137 cm³/mol. The SMILES string of the molecule is Cc1ccc(S(=O)(=O)N(CCCCN)c2ccc3oc(=O)c(-c4ccccc4C)cc3c2)cc1. The zero-order chi connectivity index (χ0) is 24.3. The lowest BCUT2D eigenvalue weighted by atomic mass is 10.0. The minimum absolute atomic E-state index is 0.228. The Bertz CT molecular complexity index is 1480. The summed E-state index contributed by atoms with van der Waals surface area (Å²) in [6, 6.07) is 21.3. The Kier molecular flexibility index (Phi) is 6.86. The second-order valence-electron chi connectivity index (χ2n) is 8.37. The highest BCUT2D eigenvalue weighted by atomic mass is 32.2. The van der Waals surface area contributed by atoms with Crippen LogP contribution in [-0.2, 0) is 10.0 Å². The van der Waals surface area contributed by atoms with Gasteiger partial charge in [-0.15, -0.1) is 0 Å². The van der Waals surface area contributed by atoms with E-state index in [-0.39, 0.29) is 4.90 Å². The Balaban J connectivity index is 1.83. The lowest BCUT2D eigenvalue weighted by Crippen LogP contribution is -2.32. The van der Waals surface area contributed by atoms with E-state index in [0.717, 1.165) is 16.7 Å². The van der Waals surface area contributed by atoms with Crippen molar-refractivity contribution in [3.05, 3.63) is 94.3 Å². The van der Waals surface area contributed by atoms with Gasteiger partial charge in [-0.2, -0.15) is 0 Å². The largest absolute Gasteiger partial charge is 0.422 e. The van der Waals surface area contributed by atoms with Gasteiger partial charge in [0.25, 0.3) is 10.0 Å². The molecule has 3 aromatic carbocycles. The molecule has 1 heterocycles. The summed E-state index contributed by atoms with van der Waals surface area (Å²) in [6.07, 6.45) is 1.33. The molecule has 176 valence electrons. The molecule has 6 nitrogen and oxygen atoms in total. The van der Waals surface area contributed by atoms with Gasteiger partial charge in [-0.1, -0.05) is 42.0 Å². The number of anilines is 1. The molecule has 0 atom stereocenters. The van der Waals surface area contributed by atoms with Crippen LogP contribution in [0.4, 0.5) is 5.69 Å². The summed E-state index contributed by atoms with van der Waals surface area (Å²) in [6.45, 7) is 4.63. The third-order valence-corrected chi connectivity index (χ3v) is 7.70. The molecule has 0 bridgehead atoms. The van der Waals surface area contributed by atoms with Gasteiger partial charge in [0.05, 0.1) is 16.1 Å². The van der Waals surface area contributed by atoms with Crippen molar-refractivity contribution in [1.82, 2.24) is 0 Å². The first-order valence-corrected chi connectivity index (χ1v) is 12.7. The lowest BCUT2D eigenvalue weighted by Gasteiger charge is -2.25. The highest BCUT2D eigenvalue weighted by Crippen LogP contribution is 2.30. The van der Waals surface area contributed by atoms with Gasteiger partial charge in [0, 0.05) is 11.9 Å². The molecular weight excluding hydrogens is 448 g/mol. The summed E-state index contributed by atoms with van der Waals surface area (Å²) in [5.74, 6) is 0. The van der Waals surface area contributed by atoms with Gasteiger partial charge >= 0.3 is 5.63 Å². The summed E-state index contributed by atoms with van der Waals surface area (Å²) in [4.78, 5) is 12.9. The molecule has 0 spiro atoms. The Morgan fingerprint density at radius 2 is 1.62 bits per heavy atom. The number of unbranched alkanes of at least 4 members (excludes halogenated alkanes) is 1. The maximum absolute atomic E-state index is 13.6. The summed E-state index contributed by atoms with van der Waals surface area (Å²) in [5, 5.41) is 0.651. The predicted octanol–water partition coefficient (Wildman–Crippen LogP) is 5.01. The molecule has 0 radical (unpaired) electrons. The van der Waals surface area contributed by atoms with Crippen LogP contribution >= 0.6 is 0 Å². The van der Waals surface area contributed by atoms with Crippen molar-refractivity contribution in [3.63, 3.8) is 0 Å². The number of benzene rings is 3. The molecule has 2 N–H and O–H groups in total. The molecule has 0 amide bonds. The van der Waals surface area contributed by atoms with Crippen LogP contribution in [0.1, 0.15) is 24.0 Å². The van der Waals surface area contributed by atoms with E-state index in [1.807, 2.05) is 38.1 Å². The van der Waals surface area contributed by atoms with Crippen molar-refractivity contribution >= 4 is 26.7 Å². The number of hydrogen-bond acceptors (Lipinski definition) is 5. The first-order valence-electron chi connectivity index (χ1n) is 11.2. The number of aryl methyl sites for hydroxylation is 2. The zero-order valence-corrected chi connectivity index (χ0v) is 20.1. The number of hydrogen-bond donors (Lipinski definition) is 1. The Morgan fingerprint density at radius 3 is 2.32 bits per heavy atom. The molecule has 0 aliphatic heterocycles. The van der Waals surface area contributed by atoms with Crippen LogP contribution in [-0.4, -0.2) is 21.5 Å². The fourth-order valence-corrected chi connectivity index (χ4v) is 5.45. The minimum atomic E-state index is -3.80. The fourth-order valence-electron chi connectivity index (χ4n) is 3.95. The minimum Gasteiger partial charge on any atom is -0.422 e. The topological polar surface area (TPSA) is 93.6 Å². The molecule has 4 rings (SSSR count). The van der Waals surface area contributed by atoms with Gasteiger partial charge < -0.3 is 10.2 Å². The standard InChI is InChI=1S/C27H28N2O4S/c1-19-9-12-23(13-10-19)34(31,32)29(16-6-5-15-28)22-11-14-26-21(17-22)18-25(27(30)33-26)24-8-4-3-7-20(24)2/h3-4,7-14,17-18H,5-6,15-16,28H2,1-2H3. The molecule has 0 fully saturated rings. The Hall–Kier alpha value is -3.42. The average Bonchev–Trinajstić information content (AvgIpc) is 2.82. The van der Waals surface area contributed by atoms with Crippen LogP contribution in [0.3, 0.4) is 0 Å². The van der Waals surface area contributed by atoms with Gasteiger partial charge in [-0.3, -0.25) is 4.31 Å². The third-order valence-electron chi connectivity index (χ3n) is 5.86. The van der Waals surface area contributed by atoms with Crippen molar-refractivity contribution in [1.29, 1.82) is 0 Å². The van der Waals surface area contributed by atoms with Gasteiger partial charge in [0.1, 0.15) is 5.58 Å². The normalized spacial score (nSPS) is 11.6. The van der Waals surface area contributed by atoms with Crippen LogP contribution < -0.4 is 15.7 Å². The lowest BCUT2D eigenvalue weighted by molar-refractivity contribution is 0.563. The van der Waals surface area contributed by atoms with E-state index >= 15 is 0 Å². The monoisotopic (exact) mass is 476 g/mol. The van der Waals surface area contributed by atoms with Crippen LogP contribution in [0.15, 0.2) is 86.9 Å². The number of nitrogens with zero attached hydrogens (tertiary/aromatic N) is 1. The Morgan fingerprint density at radius 1 is 0.882 bits per heavy atom. The first kappa shape index (κ1) is 23.7. The smallest absolute Gasteiger partial charge is 0.344 e. The number of sulfonamides is 1. The van der Waals surface area contributed by atoms with Crippen LogP contribution in [0.5, 0.6) is 0 Å². The van der Waals surface area contributed by atoms with Crippen molar-refractivity contribution in [2.24, 2.45) is 5.73 Å². The quantitative estimate of drug-likeness (QED) is 0.285. The molecule has 7 heteroatoms.